The second-order valence-corrected chi connectivity index (χ2v) is 5.67. The van der Waals surface area contributed by atoms with Crippen LogP contribution in [0.15, 0.2) is 0 Å². The van der Waals surface area contributed by atoms with Crippen molar-refractivity contribution in [1.29, 1.82) is 0 Å². The number of carbonyl (C=O) groups excluding carboxylic acids is 1. The fourth-order valence-corrected chi connectivity index (χ4v) is 3.65. The van der Waals surface area contributed by atoms with Gasteiger partial charge in [0.05, 0.1) is 11.7 Å². The van der Waals surface area contributed by atoms with Crippen molar-refractivity contribution in [2.45, 2.75) is 83.5 Å². The molecule has 0 aromatic rings. The smallest absolute Gasteiger partial charge is 0.244 e. The van der Waals surface area contributed by atoms with Gasteiger partial charge in [-0.25, -0.2) is 0 Å². The lowest BCUT2D eigenvalue weighted by atomic mass is 9.97. The quantitative estimate of drug-likeness (QED) is 0.816. The maximum absolute atomic E-state index is 12.7. The van der Waals surface area contributed by atoms with Gasteiger partial charge in [0.1, 0.15) is 0 Å². The van der Waals surface area contributed by atoms with Crippen LogP contribution in [0.25, 0.3) is 0 Å². The van der Waals surface area contributed by atoms with Gasteiger partial charge in [0.25, 0.3) is 0 Å². The van der Waals surface area contributed by atoms with Crippen molar-refractivity contribution >= 4 is 5.91 Å². The molecule has 1 heterocycles. The van der Waals surface area contributed by atoms with Crippen molar-refractivity contribution in [3.05, 3.63) is 0 Å². The third-order valence-corrected chi connectivity index (χ3v) is 4.49. The SMILES string of the molecule is CCCC(CC)N1C(=O)C2(CCCC2)NC1C. The van der Waals surface area contributed by atoms with Crippen LogP contribution >= 0.6 is 0 Å². The molecule has 1 N–H and O–H groups in total. The standard InChI is InChI=1S/C14H26N2O/c1-4-8-12(5-2)16-11(3)15-14(13(16)17)9-6-7-10-14/h11-12,15H,4-10H2,1-3H3. The van der Waals surface area contributed by atoms with E-state index >= 15 is 0 Å². The molecule has 0 aromatic heterocycles. The number of nitrogens with zero attached hydrogens (tertiary/aromatic N) is 1. The van der Waals surface area contributed by atoms with Gasteiger partial charge in [-0.3, -0.25) is 10.1 Å². The maximum Gasteiger partial charge on any atom is 0.244 e. The first-order chi connectivity index (χ1) is 8.14. The average Bonchev–Trinajstić information content (AvgIpc) is 2.85. The van der Waals surface area contributed by atoms with Gasteiger partial charge in [-0.05, 0) is 32.6 Å². The molecule has 0 radical (unpaired) electrons. The van der Waals surface area contributed by atoms with E-state index in [0.717, 1.165) is 32.1 Å². The zero-order chi connectivity index (χ0) is 12.5. The maximum atomic E-state index is 12.7. The van der Waals surface area contributed by atoms with Crippen molar-refractivity contribution in [3.63, 3.8) is 0 Å². The van der Waals surface area contributed by atoms with Gasteiger partial charge in [-0.2, -0.15) is 0 Å². The van der Waals surface area contributed by atoms with Crippen molar-refractivity contribution in [2.75, 3.05) is 0 Å². The van der Waals surface area contributed by atoms with E-state index in [1.54, 1.807) is 0 Å². The van der Waals surface area contributed by atoms with Crippen molar-refractivity contribution in [3.8, 4) is 0 Å². The Morgan fingerprint density at radius 2 is 2.06 bits per heavy atom. The van der Waals surface area contributed by atoms with Crippen LogP contribution in [0.1, 0.15) is 65.7 Å². The summed E-state index contributed by atoms with van der Waals surface area (Å²) in [5.74, 6) is 0.378. The lowest BCUT2D eigenvalue weighted by molar-refractivity contribution is -0.135. The Labute approximate surface area is 105 Å². The Hall–Kier alpha value is -0.570. The molecule has 98 valence electrons. The molecule has 2 unspecified atom stereocenters. The first-order valence-corrected chi connectivity index (χ1v) is 7.25. The van der Waals surface area contributed by atoms with Gasteiger partial charge >= 0.3 is 0 Å². The van der Waals surface area contributed by atoms with Gasteiger partial charge in [0.15, 0.2) is 0 Å². The summed E-state index contributed by atoms with van der Waals surface area (Å²) < 4.78 is 0. The molecule has 17 heavy (non-hydrogen) atoms. The van der Waals surface area contributed by atoms with Crippen LogP contribution in [-0.4, -0.2) is 28.6 Å². The van der Waals surface area contributed by atoms with E-state index in [1.807, 2.05) is 0 Å². The number of nitrogens with one attached hydrogen (secondary N) is 1. The number of amides is 1. The first kappa shape index (κ1) is 12.9. The van der Waals surface area contributed by atoms with Crippen molar-refractivity contribution in [1.82, 2.24) is 10.2 Å². The molecule has 1 spiro atoms. The molecule has 2 fully saturated rings. The number of rotatable bonds is 4. The predicted molar refractivity (Wildman–Crippen MR) is 69.6 cm³/mol. The lowest BCUT2D eigenvalue weighted by Crippen LogP contribution is -2.45. The Morgan fingerprint density at radius 1 is 1.41 bits per heavy atom. The summed E-state index contributed by atoms with van der Waals surface area (Å²) in [6.07, 6.45) is 8.05. The molecule has 1 saturated carbocycles. The summed E-state index contributed by atoms with van der Waals surface area (Å²) in [6, 6.07) is 0.426. The summed E-state index contributed by atoms with van der Waals surface area (Å²) >= 11 is 0. The second kappa shape index (κ2) is 4.97. The average molecular weight is 238 g/mol. The Morgan fingerprint density at radius 3 is 2.59 bits per heavy atom. The van der Waals surface area contributed by atoms with E-state index in [-0.39, 0.29) is 11.7 Å². The third kappa shape index (κ3) is 2.10. The van der Waals surface area contributed by atoms with Gasteiger partial charge in [0, 0.05) is 6.04 Å². The Balaban J connectivity index is 2.15. The molecule has 0 bridgehead atoms. The fourth-order valence-electron chi connectivity index (χ4n) is 3.65. The van der Waals surface area contributed by atoms with Crippen LogP contribution in [-0.2, 0) is 4.79 Å². The molecule has 1 amide bonds. The number of carbonyl (C=O) groups is 1. The molecular weight excluding hydrogens is 212 g/mol. The largest absolute Gasteiger partial charge is 0.323 e. The number of hydrogen-bond donors (Lipinski definition) is 1. The number of hydrogen-bond acceptors (Lipinski definition) is 2. The van der Waals surface area contributed by atoms with Crippen LogP contribution in [0.3, 0.4) is 0 Å². The van der Waals surface area contributed by atoms with Crippen LogP contribution in [0.2, 0.25) is 0 Å². The van der Waals surface area contributed by atoms with Gasteiger partial charge in [-0.1, -0.05) is 33.1 Å². The zero-order valence-electron chi connectivity index (χ0n) is 11.5. The summed E-state index contributed by atoms with van der Waals surface area (Å²) in [7, 11) is 0. The van der Waals surface area contributed by atoms with Crippen LogP contribution in [0.5, 0.6) is 0 Å². The highest BCUT2D eigenvalue weighted by Crippen LogP contribution is 2.37. The molecule has 0 aromatic carbocycles. The summed E-state index contributed by atoms with van der Waals surface area (Å²) in [5, 5.41) is 3.58. The highest BCUT2D eigenvalue weighted by atomic mass is 16.2. The van der Waals surface area contributed by atoms with E-state index in [4.69, 9.17) is 0 Å². The van der Waals surface area contributed by atoms with Gasteiger partial charge in [-0.15, -0.1) is 0 Å². The predicted octanol–water partition coefficient (Wildman–Crippen LogP) is 2.66. The van der Waals surface area contributed by atoms with E-state index < -0.39 is 0 Å². The Kier molecular flexibility index (Phi) is 3.76. The van der Waals surface area contributed by atoms with Crippen LogP contribution < -0.4 is 5.32 Å². The van der Waals surface area contributed by atoms with Crippen LogP contribution in [0.4, 0.5) is 0 Å². The van der Waals surface area contributed by atoms with E-state index in [1.165, 1.54) is 12.8 Å². The molecule has 2 aliphatic rings. The summed E-state index contributed by atoms with van der Waals surface area (Å²) in [4.78, 5) is 14.8. The molecule has 3 nitrogen and oxygen atoms in total. The summed E-state index contributed by atoms with van der Waals surface area (Å²) in [6.45, 7) is 6.54. The topological polar surface area (TPSA) is 32.3 Å². The highest BCUT2D eigenvalue weighted by molar-refractivity contribution is 5.89. The molecule has 3 heteroatoms. The van der Waals surface area contributed by atoms with E-state index in [2.05, 4.69) is 31.0 Å². The molecule has 2 atom stereocenters. The molecular formula is C14H26N2O. The minimum atomic E-state index is -0.194. The van der Waals surface area contributed by atoms with E-state index in [0.29, 0.717) is 11.9 Å². The molecule has 2 rings (SSSR count). The van der Waals surface area contributed by atoms with Gasteiger partial charge in [0.2, 0.25) is 5.91 Å². The van der Waals surface area contributed by atoms with Crippen molar-refractivity contribution < 1.29 is 4.79 Å². The minimum absolute atomic E-state index is 0.194. The molecule has 1 aliphatic heterocycles. The third-order valence-electron chi connectivity index (χ3n) is 4.49. The lowest BCUT2D eigenvalue weighted by Gasteiger charge is -2.30. The zero-order valence-corrected chi connectivity index (χ0v) is 11.5. The summed E-state index contributed by atoms with van der Waals surface area (Å²) in [5.41, 5.74) is -0.194. The second-order valence-electron chi connectivity index (χ2n) is 5.67. The normalized spacial score (nSPS) is 29.2. The first-order valence-electron chi connectivity index (χ1n) is 7.25. The van der Waals surface area contributed by atoms with Crippen molar-refractivity contribution in [2.24, 2.45) is 0 Å². The van der Waals surface area contributed by atoms with E-state index in [9.17, 15) is 4.79 Å². The molecule has 1 aliphatic carbocycles. The Bertz CT molecular complexity index is 284. The fraction of sp³-hybridized carbons (Fsp3) is 0.929. The highest BCUT2D eigenvalue weighted by Gasteiger charge is 2.52. The van der Waals surface area contributed by atoms with Gasteiger partial charge < -0.3 is 4.90 Å². The molecule has 1 saturated heterocycles. The van der Waals surface area contributed by atoms with Crippen LogP contribution in [0, 0.1) is 0 Å². The monoisotopic (exact) mass is 238 g/mol. The minimum Gasteiger partial charge on any atom is -0.323 e.